The van der Waals surface area contributed by atoms with Crippen molar-refractivity contribution in [3.63, 3.8) is 0 Å². The Morgan fingerprint density at radius 1 is 0.714 bits per heavy atom. The molecule has 0 saturated heterocycles. The first-order valence-electron chi connectivity index (χ1n) is 20.3. The number of aryl methyl sites for hydroxylation is 4. The molecular weight excluding hydrogens is 863 g/mol. The van der Waals surface area contributed by atoms with E-state index in [4.69, 9.17) is 8.53 Å². The van der Waals surface area contributed by atoms with Crippen molar-refractivity contribution >= 4 is 22.1 Å². The Kier molecular flexibility index (Phi) is 10.7. The van der Waals surface area contributed by atoms with E-state index in [2.05, 4.69) is 161 Å². The number of furan rings is 1. The fourth-order valence-electron chi connectivity index (χ4n) is 6.95. The summed E-state index contributed by atoms with van der Waals surface area (Å²) in [5.74, 6) is 0. The fourth-order valence-corrected chi connectivity index (χ4v) is 6.95. The van der Waals surface area contributed by atoms with E-state index in [1.54, 1.807) is 6.07 Å². The van der Waals surface area contributed by atoms with E-state index >= 15 is 0 Å². The van der Waals surface area contributed by atoms with Gasteiger partial charge in [0.15, 0.2) is 0 Å². The van der Waals surface area contributed by atoms with Crippen LogP contribution in [0.5, 0.6) is 0 Å². The summed E-state index contributed by atoms with van der Waals surface area (Å²) in [4.78, 5) is 13.5. The second-order valence-corrected chi connectivity index (χ2v) is 16.1. The normalized spacial score (nSPS) is 12.6. The maximum absolute atomic E-state index is 7.67. The largest absolute Gasteiger partial charge is 0.486 e. The molecule has 0 atom stereocenters. The average molecular weight is 915 g/mol. The molecule has 0 N–H and O–H groups in total. The van der Waals surface area contributed by atoms with Gasteiger partial charge in [-0.05, 0) is 95.4 Å². The van der Waals surface area contributed by atoms with Crippen LogP contribution in [0, 0.1) is 39.8 Å². The summed E-state index contributed by atoms with van der Waals surface area (Å²) >= 11 is 0. The van der Waals surface area contributed by atoms with Crippen LogP contribution in [-0.4, -0.2) is 15.0 Å². The molecule has 0 saturated carbocycles. The molecule has 4 heterocycles. The Bertz CT molecular complexity index is 2730. The second-order valence-electron chi connectivity index (χ2n) is 16.1. The van der Waals surface area contributed by atoms with Gasteiger partial charge >= 0.3 is 0 Å². The summed E-state index contributed by atoms with van der Waals surface area (Å²) in [5.41, 5.74) is 14.4. The van der Waals surface area contributed by atoms with Gasteiger partial charge in [-0.15, -0.1) is 47.5 Å². The van der Waals surface area contributed by atoms with Crippen LogP contribution in [0.15, 0.2) is 126 Å². The van der Waals surface area contributed by atoms with Gasteiger partial charge in [0.1, 0.15) is 0 Å². The van der Waals surface area contributed by atoms with Crippen LogP contribution in [-0.2, 0) is 37.4 Å². The molecule has 56 heavy (non-hydrogen) atoms. The maximum atomic E-state index is 7.67. The van der Waals surface area contributed by atoms with E-state index in [0.29, 0.717) is 11.3 Å². The maximum Gasteiger partial charge on any atom is 0.216 e. The summed E-state index contributed by atoms with van der Waals surface area (Å²) in [6, 6.07) is 43.6. The second kappa shape index (κ2) is 16.5. The molecule has 8 aromatic rings. The van der Waals surface area contributed by atoms with Gasteiger partial charge in [-0.25, -0.2) is 4.98 Å². The Balaban J connectivity index is 0.000000226. The van der Waals surface area contributed by atoms with Gasteiger partial charge in [-0.3, -0.25) is 0 Å². The minimum absolute atomic E-state index is 0. The van der Waals surface area contributed by atoms with Gasteiger partial charge in [0.25, 0.3) is 0 Å². The summed E-state index contributed by atoms with van der Waals surface area (Å²) in [6.45, 7) is 15.2. The van der Waals surface area contributed by atoms with Crippen molar-refractivity contribution < 1.29 is 28.6 Å². The van der Waals surface area contributed by atoms with Gasteiger partial charge in [0.2, 0.25) is 5.71 Å². The molecule has 0 aliphatic carbocycles. The summed E-state index contributed by atoms with van der Waals surface area (Å²) in [7, 11) is 0. The molecule has 4 nitrogen and oxygen atoms in total. The van der Waals surface area contributed by atoms with Crippen LogP contribution in [0.4, 0.5) is 0 Å². The monoisotopic (exact) mass is 915 g/mol. The number of aromatic nitrogens is 3. The van der Waals surface area contributed by atoms with E-state index < -0.39 is 6.85 Å². The van der Waals surface area contributed by atoms with Crippen LogP contribution in [0.3, 0.4) is 0 Å². The number of benzene rings is 4. The fraction of sp³-hybridized carbons (Fsp3) is 0.235. The summed E-state index contributed by atoms with van der Waals surface area (Å²) in [6.07, 6.45) is 4.65. The standard InChI is InChI=1S/C31H31N2O.C20H18N.Ir/c1-20-10-15-25-24-8-7-9-26(28(24)34-29(25)33-20)27-18-23(16-17-32-27)31(5,6)19-21-11-13-22(14-12-21)30(2,3)4;1-14-9-10-18(20-11-15(2)16(3)13-21-20)12-19(14)17-7-5-4-6-8-17;/h7-8,10-18H,19H2,1-6H3;4-9,11-13H,1-3H3;/q2*-1;/i1D3;;. The molecule has 0 aliphatic rings. The van der Waals surface area contributed by atoms with Crippen LogP contribution < -0.4 is 0 Å². The van der Waals surface area contributed by atoms with E-state index in [-0.39, 0.29) is 36.6 Å². The summed E-state index contributed by atoms with van der Waals surface area (Å²) in [5, 5.41) is 1.63. The number of rotatable bonds is 6. The van der Waals surface area contributed by atoms with Gasteiger partial charge in [0.05, 0.1) is 5.58 Å². The van der Waals surface area contributed by atoms with E-state index in [1.165, 1.54) is 50.6 Å². The van der Waals surface area contributed by atoms with Crippen LogP contribution in [0.25, 0.3) is 55.7 Å². The van der Waals surface area contributed by atoms with Crippen LogP contribution in [0.1, 0.15) is 77.8 Å². The molecule has 0 unspecified atom stereocenters. The zero-order valence-electron chi connectivity index (χ0n) is 36.3. The molecule has 1 radical (unpaired) electrons. The van der Waals surface area contributed by atoms with E-state index in [9.17, 15) is 0 Å². The quantitative estimate of drug-likeness (QED) is 0.156. The van der Waals surface area contributed by atoms with Crippen molar-refractivity contribution in [3.8, 4) is 33.6 Å². The van der Waals surface area contributed by atoms with E-state index in [0.717, 1.165) is 39.7 Å². The predicted molar refractivity (Wildman–Crippen MR) is 228 cm³/mol. The van der Waals surface area contributed by atoms with Crippen LogP contribution >= 0.6 is 0 Å². The zero-order chi connectivity index (χ0) is 41.4. The summed E-state index contributed by atoms with van der Waals surface area (Å²) < 4.78 is 29.1. The molecular formula is C51H49IrN3O-2. The minimum atomic E-state index is -2.29. The molecule has 5 heteroatoms. The SMILES string of the molecule is Cc1cnc(-c2[c-]cc(C)c(-c3ccccc3)c2)cc1C.[2H]C([2H])([2H])c1ccc2c(n1)oc1c(-c3cc(C(C)(C)Cc4ccc(C(C)(C)C)cc4)ccn3)[c-]ccc12.[Ir]. The van der Waals surface area contributed by atoms with Crippen molar-refractivity contribution in [1.82, 2.24) is 15.0 Å². The third-order valence-corrected chi connectivity index (χ3v) is 10.5. The molecule has 0 aliphatic heterocycles. The molecule has 4 aromatic heterocycles. The number of pyridine rings is 3. The molecule has 8 rings (SSSR count). The molecule has 0 bridgehead atoms. The van der Waals surface area contributed by atoms with Crippen molar-refractivity contribution in [2.75, 3.05) is 0 Å². The Hall–Kier alpha value is -5.22. The predicted octanol–water partition coefficient (Wildman–Crippen LogP) is 13.1. The third-order valence-electron chi connectivity index (χ3n) is 10.5. The van der Waals surface area contributed by atoms with Crippen molar-refractivity contribution in [3.05, 3.63) is 173 Å². The average Bonchev–Trinajstić information content (AvgIpc) is 3.58. The van der Waals surface area contributed by atoms with Gasteiger partial charge < -0.3 is 14.4 Å². The Labute approximate surface area is 350 Å². The number of fused-ring (bicyclic) bond motifs is 3. The molecule has 4 aromatic carbocycles. The first-order chi connectivity index (χ1) is 27.5. The third kappa shape index (κ3) is 8.76. The van der Waals surface area contributed by atoms with Crippen molar-refractivity contribution in [2.45, 2.75) is 79.5 Å². The molecule has 0 fully saturated rings. The van der Waals surface area contributed by atoms with E-state index in [1.807, 2.05) is 30.6 Å². The molecule has 285 valence electrons. The first-order valence-corrected chi connectivity index (χ1v) is 18.8. The van der Waals surface area contributed by atoms with Crippen molar-refractivity contribution in [2.24, 2.45) is 0 Å². The topological polar surface area (TPSA) is 51.8 Å². The first kappa shape index (κ1) is 36.4. The smallest absolute Gasteiger partial charge is 0.216 e. The van der Waals surface area contributed by atoms with Gasteiger partial charge in [0, 0.05) is 47.7 Å². The molecule has 0 amide bonds. The van der Waals surface area contributed by atoms with Crippen LogP contribution in [0.2, 0.25) is 0 Å². The minimum Gasteiger partial charge on any atom is -0.486 e. The number of nitrogens with zero attached hydrogens (tertiary/aromatic N) is 3. The Morgan fingerprint density at radius 2 is 1.48 bits per heavy atom. The Morgan fingerprint density at radius 3 is 2.20 bits per heavy atom. The number of hydrogen-bond donors (Lipinski definition) is 0. The zero-order valence-corrected chi connectivity index (χ0v) is 35.7. The molecule has 0 spiro atoms. The van der Waals surface area contributed by atoms with Crippen molar-refractivity contribution in [1.29, 1.82) is 0 Å². The van der Waals surface area contributed by atoms with Gasteiger partial charge in [-0.1, -0.05) is 130 Å². The number of hydrogen-bond acceptors (Lipinski definition) is 4. The van der Waals surface area contributed by atoms with Gasteiger partial charge in [-0.2, -0.15) is 0 Å².